The lowest BCUT2D eigenvalue weighted by atomic mass is 10.1. The summed E-state index contributed by atoms with van der Waals surface area (Å²) in [6.45, 7) is 2.82. The summed E-state index contributed by atoms with van der Waals surface area (Å²) < 4.78 is 1.90. The molecule has 0 saturated heterocycles. The third-order valence-corrected chi connectivity index (χ3v) is 6.40. The zero-order valence-electron chi connectivity index (χ0n) is 18.2. The Labute approximate surface area is 210 Å². The average Bonchev–Trinajstić information content (AvgIpc) is 3.16. The quantitative estimate of drug-likeness (QED) is 0.383. The van der Waals surface area contributed by atoms with Gasteiger partial charge in [-0.15, -0.1) is 11.3 Å². The summed E-state index contributed by atoms with van der Waals surface area (Å²) in [5.74, 6) is -0.602. The van der Waals surface area contributed by atoms with Crippen LogP contribution >= 0.6 is 34.5 Å². The minimum atomic E-state index is -0.433. The van der Waals surface area contributed by atoms with Crippen molar-refractivity contribution in [2.75, 3.05) is 0 Å². The predicted molar refractivity (Wildman–Crippen MR) is 134 cm³/mol. The van der Waals surface area contributed by atoms with Gasteiger partial charge < -0.3 is 9.88 Å². The number of rotatable bonds is 6. The molecule has 0 aliphatic rings. The Hall–Kier alpha value is -3.26. The van der Waals surface area contributed by atoms with Crippen LogP contribution in [0.3, 0.4) is 0 Å². The van der Waals surface area contributed by atoms with E-state index in [1.165, 1.54) is 17.4 Å². The summed E-state index contributed by atoms with van der Waals surface area (Å²) in [5.41, 5.74) is 2.62. The highest BCUT2D eigenvalue weighted by Crippen LogP contribution is 2.21. The highest BCUT2D eigenvalue weighted by Gasteiger charge is 2.12. The van der Waals surface area contributed by atoms with Crippen LogP contribution in [0.25, 0.3) is 0 Å². The summed E-state index contributed by atoms with van der Waals surface area (Å²) in [5, 5.41) is 3.58. The van der Waals surface area contributed by atoms with Gasteiger partial charge in [0.1, 0.15) is 0 Å². The average molecular weight is 511 g/mol. The van der Waals surface area contributed by atoms with Gasteiger partial charge in [-0.1, -0.05) is 41.4 Å². The van der Waals surface area contributed by atoms with Gasteiger partial charge in [0.05, 0.1) is 22.8 Å². The van der Waals surface area contributed by atoms with E-state index in [1.807, 2.05) is 48.0 Å². The Balaban J connectivity index is 1.47. The summed E-state index contributed by atoms with van der Waals surface area (Å²) >= 11 is 13.5. The number of pyridine rings is 1. The van der Waals surface area contributed by atoms with Crippen LogP contribution in [0.1, 0.15) is 36.9 Å². The van der Waals surface area contributed by atoms with E-state index in [4.69, 9.17) is 23.2 Å². The van der Waals surface area contributed by atoms with Crippen LogP contribution in [0.4, 0.5) is 0 Å². The van der Waals surface area contributed by atoms with E-state index in [2.05, 4.69) is 15.3 Å². The van der Waals surface area contributed by atoms with Crippen molar-refractivity contribution in [1.29, 1.82) is 0 Å². The molecule has 2 aromatic carbocycles. The number of benzene rings is 2. The van der Waals surface area contributed by atoms with Gasteiger partial charge in [-0.05, 0) is 55.0 Å². The standard InChI is InChI=1S/C25H20Cl2N4O2S/c1-16-14-31(25(34-16)30-24(33)21-10-9-19(26)12-22(21)27)15-17-5-7-18(8-6-17)23(32)29-13-20-4-2-3-11-28-20/h2-12,14H,13,15H2,1H3,(H,29,32). The summed E-state index contributed by atoms with van der Waals surface area (Å²) in [4.78, 5) is 35.2. The van der Waals surface area contributed by atoms with Crippen LogP contribution < -0.4 is 10.1 Å². The minimum absolute atomic E-state index is 0.169. The van der Waals surface area contributed by atoms with E-state index in [0.717, 1.165) is 16.1 Å². The number of nitrogens with one attached hydrogen (secondary N) is 1. The molecule has 0 radical (unpaired) electrons. The van der Waals surface area contributed by atoms with Crippen molar-refractivity contribution in [3.05, 3.63) is 115 Å². The second-order valence-electron chi connectivity index (χ2n) is 7.49. The number of amides is 2. The van der Waals surface area contributed by atoms with Crippen molar-refractivity contribution < 1.29 is 9.59 Å². The molecule has 4 rings (SSSR count). The van der Waals surface area contributed by atoms with E-state index >= 15 is 0 Å². The third kappa shape index (κ3) is 5.99. The zero-order valence-corrected chi connectivity index (χ0v) is 20.5. The first-order chi connectivity index (χ1) is 16.4. The molecule has 172 valence electrons. The number of hydrogen-bond acceptors (Lipinski definition) is 4. The third-order valence-electron chi connectivity index (χ3n) is 4.92. The maximum Gasteiger partial charge on any atom is 0.281 e. The van der Waals surface area contributed by atoms with E-state index < -0.39 is 5.91 Å². The predicted octanol–water partition coefficient (Wildman–Crippen LogP) is 5.28. The molecule has 0 atom stereocenters. The molecule has 0 bridgehead atoms. The van der Waals surface area contributed by atoms with E-state index in [1.54, 1.807) is 30.5 Å². The van der Waals surface area contributed by atoms with E-state index in [9.17, 15) is 9.59 Å². The van der Waals surface area contributed by atoms with Crippen LogP contribution in [0.5, 0.6) is 0 Å². The molecule has 2 amide bonds. The number of halogens is 2. The number of aryl methyl sites for hydroxylation is 1. The van der Waals surface area contributed by atoms with Crippen LogP contribution in [0.15, 0.2) is 78.0 Å². The molecule has 1 N–H and O–H groups in total. The van der Waals surface area contributed by atoms with Gasteiger partial charge in [0.15, 0.2) is 4.80 Å². The van der Waals surface area contributed by atoms with E-state index in [-0.39, 0.29) is 10.9 Å². The van der Waals surface area contributed by atoms with E-state index in [0.29, 0.717) is 34.0 Å². The fourth-order valence-corrected chi connectivity index (χ4v) is 4.57. The molecule has 6 nitrogen and oxygen atoms in total. The van der Waals surface area contributed by atoms with Gasteiger partial charge >= 0.3 is 0 Å². The molecular formula is C25H20Cl2N4O2S. The fraction of sp³-hybridized carbons (Fsp3) is 0.120. The van der Waals surface area contributed by atoms with Gasteiger partial charge in [-0.2, -0.15) is 4.99 Å². The topological polar surface area (TPSA) is 76.3 Å². The SMILES string of the molecule is Cc1cn(Cc2ccc(C(=O)NCc3ccccn3)cc2)c(=NC(=O)c2ccc(Cl)cc2Cl)s1. The first-order valence-corrected chi connectivity index (χ1v) is 11.9. The Kier molecular flexibility index (Phi) is 7.57. The monoisotopic (exact) mass is 510 g/mol. The highest BCUT2D eigenvalue weighted by atomic mass is 35.5. The van der Waals surface area contributed by atoms with Crippen LogP contribution in [-0.2, 0) is 13.1 Å². The Morgan fingerprint density at radius 2 is 1.88 bits per heavy atom. The Bertz CT molecular complexity index is 1400. The lowest BCUT2D eigenvalue weighted by Gasteiger charge is -2.07. The molecule has 9 heteroatoms. The first-order valence-electron chi connectivity index (χ1n) is 10.4. The molecule has 2 heterocycles. The van der Waals surface area contributed by atoms with Crippen LogP contribution in [0, 0.1) is 6.92 Å². The maximum atomic E-state index is 12.7. The van der Waals surface area contributed by atoms with Gasteiger partial charge in [0.2, 0.25) is 0 Å². The van der Waals surface area contributed by atoms with Crippen molar-refractivity contribution >= 4 is 46.4 Å². The first kappa shape index (κ1) is 23.9. The minimum Gasteiger partial charge on any atom is -0.346 e. The number of aromatic nitrogens is 2. The smallest absolute Gasteiger partial charge is 0.281 e. The van der Waals surface area contributed by atoms with Crippen LogP contribution in [-0.4, -0.2) is 21.4 Å². The number of hydrogen-bond donors (Lipinski definition) is 1. The van der Waals surface area contributed by atoms with Gasteiger partial charge in [0.25, 0.3) is 11.8 Å². The highest BCUT2D eigenvalue weighted by molar-refractivity contribution is 7.09. The van der Waals surface area contributed by atoms with Crippen LogP contribution in [0.2, 0.25) is 10.0 Å². The zero-order chi connectivity index (χ0) is 24.1. The van der Waals surface area contributed by atoms with Crippen molar-refractivity contribution in [2.45, 2.75) is 20.0 Å². The molecule has 0 spiro atoms. The molecule has 0 aliphatic heterocycles. The van der Waals surface area contributed by atoms with Crippen molar-refractivity contribution in [3.63, 3.8) is 0 Å². The summed E-state index contributed by atoms with van der Waals surface area (Å²) in [6.07, 6.45) is 3.63. The molecule has 0 fully saturated rings. The number of carbonyl (C=O) groups is 2. The number of thiazole rings is 1. The lowest BCUT2D eigenvalue weighted by Crippen LogP contribution is -2.23. The molecule has 2 aromatic heterocycles. The Morgan fingerprint density at radius 1 is 1.09 bits per heavy atom. The molecule has 0 unspecified atom stereocenters. The second-order valence-corrected chi connectivity index (χ2v) is 9.55. The normalized spacial score (nSPS) is 11.4. The molecule has 0 saturated carbocycles. The number of nitrogens with zero attached hydrogens (tertiary/aromatic N) is 3. The molecule has 34 heavy (non-hydrogen) atoms. The molecule has 4 aromatic rings. The van der Waals surface area contributed by atoms with Gasteiger partial charge in [-0.25, -0.2) is 0 Å². The summed E-state index contributed by atoms with van der Waals surface area (Å²) in [7, 11) is 0. The van der Waals surface area contributed by atoms with Crippen molar-refractivity contribution in [3.8, 4) is 0 Å². The largest absolute Gasteiger partial charge is 0.346 e. The van der Waals surface area contributed by atoms with Gasteiger partial charge in [-0.3, -0.25) is 14.6 Å². The molecular weight excluding hydrogens is 491 g/mol. The summed E-state index contributed by atoms with van der Waals surface area (Å²) in [6, 6.07) is 17.6. The lowest BCUT2D eigenvalue weighted by molar-refractivity contribution is 0.0949. The van der Waals surface area contributed by atoms with Gasteiger partial charge in [0, 0.05) is 34.4 Å². The fourth-order valence-electron chi connectivity index (χ4n) is 3.25. The number of carbonyl (C=O) groups excluding carboxylic acids is 2. The second kappa shape index (κ2) is 10.8. The van der Waals surface area contributed by atoms with Crippen molar-refractivity contribution in [1.82, 2.24) is 14.9 Å². The van der Waals surface area contributed by atoms with Crippen molar-refractivity contribution in [2.24, 2.45) is 4.99 Å². The maximum absolute atomic E-state index is 12.7. The Morgan fingerprint density at radius 3 is 2.59 bits per heavy atom. The molecule has 0 aliphatic carbocycles.